The molecule has 0 saturated carbocycles. The summed E-state index contributed by atoms with van der Waals surface area (Å²) in [7, 11) is 0. The first-order valence-corrected chi connectivity index (χ1v) is 10.8. The second-order valence-electron chi connectivity index (χ2n) is 7.97. The van der Waals surface area contributed by atoms with E-state index in [-0.39, 0.29) is 11.3 Å². The number of carbonyl (C=O) groups excluding carboxylic acids is 1. The van der Waals surface area contributed by atoms with Crippen molar-refractivity contribution in [1.29, 1.82) is 0 Å². The summed E-state index contributed by atoms with van der Waals surface area (Å²) >= 11 is 0. The lowest BCUT2D eigenvalue weighted by Gasteiger charge is -2.38. The van der Waals surface area contributed by atoms with Crippen LogP contribution in [0.3, 0.4) is 0 Å². The third kappa shape index (κ3) is 4.34. The highest BCUT2D eigenvalue weighted by molar-refractivity contribution is 5.89. The van der Waals surface area contributed by atoms with E-state index in [2.05, 4.69) is 41.7 Å². The molecule has 4 nitrogen and oxygen atoms in total. The van der Waals surface area contributed by atoms with E-state index in [0.29, 0.717) is 26.2 Å². The largest absolute Gasteiger partial charge is 0.480 e. The molecule has 3 aromatic rings. The quantitative estimate of drug-likeness (QED) is 0.613. The summed E-state index contributed by atoms with van der Waals surface area (Å²) in [6, 6.07) is 24.5. The first-order valence-electron chi connectivity index (χ1n) is 10.8. The van der Waals surface area contributed by atoms with Gasteiger partial charge in [-0.15, -0.1) is 0 Å². The number of hydrogen-bond donors (Lipinski definition) is 1. The molecule has 0 aliphatic carbocycles. The Labute approximate surface area is 178 Å². The highest BCUT2D eigenvalue weighted by Gasteiger charge is 2.35. The summed E-state index contributed by atoms with van der Waals surface area (Å²) in [5.74, 6) is 0.686. The second kappa shape index (κ2) is 9.31. The predicted molar refractivity (Wildman–Crippen MR) is 120 cm³/mol. The predicted octanol–water partition coefficient (Wildman–Crippen LogP) is 4.86. The molecule has 0 bridgehead atoms. The van der Waals surface area contributed by atoms with Crippen molar-refractivity contribution in [3.05, 3.63) is 78.4 Å². The van der Waals surface area contributed by atoms with Crippen molar-refractivity contribution < 1.29 is 14.3 Å². The van der Waals surface area contributed by atoms with Gasteiger partial charge in [0.1, 0.15) is 5.75 Å². The number of nitrogens with one attached hydrogen (secondary N) is 1. The van der Waals surface area contributed by atoms with Gasteiger partial charge < -0.3 is 14.8 Å². The molecule has 1 aliphatic rings. The molecule has 1 heterocycles. The molecule has 1 atom stereocenters. The van der Waals surface area contributed by atoms with Crippen LogP contribution in [-0.4, -0.2) is 31.8 Å². The lowest BCUT2D eigenvalue weighted by Crippen LogP contribution is -2.48. The van der Waals surface area contributed by atoms with Gasteiger partial charge in [-0.05, 0) is 36.3 Å². The molecule has 4 rings (SSSR count). The number of benzene rings is 3. The van der Waals surface area contributed by atoms with E-state index in [9.17, 15) is 4.79 Å². The Morgan fingerprint density at radius 1 is 1.00 bits per heavy atom. The molecule has 1 saturated heterocycles. The van der Waals surface area contributed by atoms with E-state index < -0.39 is 6.10 Å². The zero-order valence-electron chi connectivity index (χ0n) is 17.5. The molecule has 0 spiro atoms. The molecule has 3 aromatic carbocycles. The highest BCUT2D eigenvalue weighted by atomic mass is 16.5. The molecule has 1 fully saturated rings. The minimum atomic E-state index is -0.525. The first-order chi connectivity index (χ1) is 14.7. The fraction of sp³-hybridized carbons (Fsp3) is 0.346. The Morgan fingerprint density at radius 3 is 2.47 bits per heavy atom. The van der Waals surface area contributed by atoms with Crippen LogP contribution in [0.2, 0.25) is 0 Å². The topological polar surface area (TPSA) is 47.6 Å². The summed E-state index contributed by atoms with van der Waals surface area (Å²) in [5.41, 5.74) is 1.17. The van der Waals surface area contributed by atoms with Crippen LogP contribution in [-0.2, 0) is 14.9 Å². The van der Waals surface area contributed by atoms with Crippen LogP contribution >= 0.6 is 0 Å². The number of amides is 1. The van der Waals surface area contributed by atoms with Crippen LogP contribution in [0.15, 0.2) is 72.8 Å². The van der Waals surface area contributed by atoms with Crippen molar-refractivity contribution in [2.75, 3.05) is 19.8 Å². The fourth-order valence-corrected chi connectivity index (χ4v) is 4.27. The number of ether oxygens (including phenoxy) is 2. The summed E-state index contributed by atoms with van der Waals surface area (Å²) in [6.45, 7) is 4.01. The molecule has 156 valence electrons. The van der Waals surface area contributed by atoms with Crippen molar-refractivity contribution in [3.8, 4) is 5.75 Å². The number of rotatable bonds is 7. The lowest BCUT2D eigenvalue weighted by molar-refractivity contribution is -0.128. The zero-order valence-corrected chi connectivity index (χ0v) is 17.5. The van der Waals surface area contributed by atoms with E-state index >= 15 is 0 Å². The van der Waals surface area contributed by atoms with Gasteiger partial charge in [-0.1, -0.05) is 73.7 Å². The normalized spacial score (nSPS) is 16.7. The zero-order chi connectivity index (χ0) is 20.8. The lowest BCUT2D eigenvalue weighted by atomic mass is 9.74. The molecule has 1 N–H and O–H groups in total. The van der Waals surface area contributed by atoms with E-state index in [4.69, 9.17) is 9.47 Å². The highest BCUT2D eigenvalue weighted by Crippen LogP contribution is 2.34. The van der Waals surface area contributed by atoms with Crippen LogP contribution in [0.1, 0.15) is 31.7 Å². The van der Waals surface area contributed by atoms with Crippen molar-refractivity contribution >= 4 is 16.7 Å². The Hall–Kier alpha value is -2.85. The Kier molecular flexibility index (Phi) is 6.34. The maximum absolute atomic E-state index is 13.1. The van der Waals surface area contributed by atoms with Crippen LogP contribution in [0.25, 0.3) is 10.8 Å². The van der Waals surface area contributed by atoms with Crippen molar-refractivity contribution in [2.24, 2.45) is 0 Å². The number of carbonyl (C=O) groups is 1. The van der Waals surface area contributed by atoms with E-state index in [1.165, 1.54) is 5.56 Å². The summed E-state index contributed by atoms with van der Waals surface area (Å²) in [4.78, 5) is 13.1. The molecule has 1 aliphatic heterocycles. The minimum Gasteiger partial charge on any atom is -0.480 e. The second-order valence-corrected chi connectivity index (χ2v) is 7.97. The molecule has 1 amide bonds. The third-order valence-electron chi connectivity index (χ3n) is 6.12. The van der Waals surface area contributed by atoms with Gasteiger partial charge in [0.15, 0.2) is 6.10 Å². The van der Waals surface area contributed by atoms with Gasteiger partial charge in [0.2, 0.25) is 0 Å². The minimum absolute atomic E-state index is 0.0627. The van der Waals surface area contributed by atoms with Gasteiger partial charge >= 0.3 is 0 Å². The summed E-state index contributed by atoms with van der Waals surface area (Å²) in [5, 5.41) is 5.32. The molecule has 30 heavy (non-hydrogen) atoms. The van der Waals surface area contributed by atoms with Crippen molar-refractivity contribution in [3.63, 3.8) is 0 Å². The van der Waals surface area contributed by atoms with Gasteiger partial charge in [-0.3, -0.25) is 4.79 Å². The first kappa shape index (κ1) is 20.4. The Bertz CT molecular complexity index is 974. The average molecular weight is 404 g/mol. The van der Waals surface area contributed by atoms with Gasteiger partial charge in [0, 0.05) is 30.6 Å². The SMILES string of the molecule is CCC(Oc1cccc2ccccc12)C(=O)NCC1(c2ccccc2)CCOCC1. The molecule has 4 heteroatoms. The van der Waals surface area contributed by atoms with Crippen LogP contribution in [0, 0.1) is 0 Å². The summed E-state index contributed by atoms with van der Waals surface area (Å²) in [6.07, 6.45) is 1.89. The monoisotopic (exact) mass is 403 g/mol. The van der Waals surface area contributed by atoms with E-state index in [1.54, 1.807) is 0 Å². The maximum atomic E-state index is 13.1. The van der Waals surface area contributed by atoms with E-state index in [0.717, 1.165) is 29.4 Å². The van der Waals surface area contributed by atoms with Crippen LogP contribution in [0.5, 0.6) is 5.75 Å². The molecule has 0 radical (unpaired) electrons. The van der Waals surface area contributed by atoms with Gasteiger partial charge in [0.05, 0.1) is 0 Å². The molecular weight excluding hydrogens is 374 g/mol. The van der Waals surface area contributed by atoms with Crippen molar-refractivity contribution in [2.45, 2.75) is 37.7 Å². The van der Waals surface area contributed by atoms with Crippen molar-refractivity contribution in [1.82, 2.24) is 5.32 Å². The molecule has 0 aromatic heterocycles. The van der Waals surface area contributed by atoms with Gasteiger partial charge in [-0.25, -0.2) is 0 Å². The van der Waals surface area contributed by atoms with Crippen LogP contribution in [0.4, 0.5) is 0 Å². The third-order valence-corrected chi connectivity index (χ3v) is 6.12. The fourth-order valence-electron chi connectivity index (χ4n) is 4.27. The standard InChI is InChI=1S/C26H29NO3/c1-2-23(30-24-14-8-10-20-9-6-7-13-22(20)24)25(28)27-19-26(15-17-29-18-16-26)21-11-4-3-5-12-21/h3-14,23H,2,15-19H2,1H3,(H,27,28). The van der Waals surface area contributed by atoms with Gasteiger partial charge in [-0.2, -0.15) is 0 Å². The molecule has 1 unspecified atom stereocenters. The Balaban J connectivity index is 1.48. The van der Waals surface area contributed by atoms with Gasteiger partial charge in [0.25, 0.3) is 5.91 Å². The maximum Gasteiger partial charge on any atom is 0.261 e. The summed E-state index contributed by atoms with van der Waals surface area (Å²) < 4.78 is 11.8. The number of hydrogen-bond acceptors (Lipinski definition) is 3. The molecular formula is C26H29NO3. The average Bonchev–Trinajstić information content (AvgIpc) is 2.82. The van der Waals surface area contributed by atoms with E-state index in [1.807, 2.05) is 43.3 Å². The Morgan fingerprint density at radius 2 is 1.70 bits per heavy atom. The smallest absolute Gasteiger partial charge is 0.261 e. The number of fused-ring (bicyclic) bond motifs is 1. The van der Waals surface area contributed by atoms with Crippen LogP contribution < -0.4 is 10.1 Å².